The van der Waals surface area contributed by atoms with Gasteiger partial charge in [0.1, 0.15) is 0 Å². The molecule has 0 bridgehead atoms. The molecular formula is C7H16Cl2N4. The molecule has 0 heterocycles. The van der Waals surface area contributed by atoms with Crippen molar-refractivity contribution in [3.8, 4) is 0 Å². The smallest absolute Gasteiger partial charge is 0.211 e. The Balaban J connectivity index is 0. The van der Waals surface area contributed by atoms with Crippen molar-refractivity contribution in [3.05, 3.63) is 0 Å². The Labute approximate surface area is 90.7 Å². The molecule has 0 aromatic rings. The summed E-state index contributed by atoms with van der Waals surface area (Å²) in [6.45, 7) is 0. The van der Waals surface area contributed by atoms with E-state index in [0.29, 0.717) is 0 Å². The maximum absolute atomic E-state index is 5.13. The van der Waals surface area contributed by atoms with Crippen LogP contribution in [0.1, 0.15) is 32.1 Å². The average Bonchev–Trinajstić information content (AvgIpc) is 2.03. The minimum Gasteiger partial charge on any atom is -0.369 e. The van der Waals surface area contributed by atoms with Crippen LogP contribution in [0.4, 0.5) is 0 Å². The monoisotopic (exact) mass is 226 g/mol. The van der Waals surface area contributed by atoms with E-state index < -0.39 is 0 Å². The molecule has 4 N–H and O–H groups in total. The molecule has 1 rings (SSSR count). The van der Waals surface area contributed by atoms with E-state index in [2.05, 4.69) is 10.2 Å². The van der Waals surface area contributed by atoms with E-state index in [1.165, 1.54) is 19.3 Å². The molecular weight excluding hydrogens is 211 g/mol. The second kappa shape index (κ2) is 8.13. The van der Waals surface area contributed by atoms with Gasteiger partial charge in [-0.05, 0) is 25.7 Å². The zero-order chi connectivity index (χ0) is 8.10. The molecule has 1 aliphatic carbocycles. The minimum atomic E-state index is 0. The van der Waals surface area contributed by atoms with Crippen molar-refractivity contribution in [2.45, 2.75) is 32.1 Å². The summed E-state index contributed by atoms with van der Waals surface area (Å²) in [6.07, 6.45) is 5.85. The zero-order valence-electron chi connectivity index (χ0n) is 7.40. The van der Waals surface area contributed by atoms with Crippen LogP contribution in [-0.4, -0.2) is 11.7 Å². The summed E-state index contributed by atoms with van der Waals surface area (Å²) < 4.78 is 0. The van der Waals surface area contributed by atoms with E-state index >= 15 is 0 Å². The number of nitrogens with two attached hydrogens (primary N) is 2. The standard InChI is InChI=1S/C7H14N4.2ClH/c8-7(9)11-10-6-4-2-1-3-5-6;;/h1-5H2,(H4,8,9,11);2*1H. The molecule has 0 saturated heterocycles. The summed E-state index contributed by atoms with van der Waals surface area (Å²) in [5, 5.41) is 7.55. The number of rotatable bonds is 1. The average molecular weight is 227 g/mol. The van der Waals surface area contributed by atoms with Crippen molar-refractivity contribution in [2.24, 2.45) is 21.7 Å². The van der Waals surface area contributed by atoms with Gasteiger partial charge in [0.05, 0.1) is 0 Å². The predicted octanol–water partition coefficient (Wildman–Crippen LogP) is 1.42. The van der Waals surface area contributed by atoms with Crippen LogP contribution in [0.25, 0.3) is 0 Å². The topological polar surface area (TPSA) is 76.8 Å². The van der Waals surface area contributed by atoms with Crippen LogP contribution in [0.3, 0.4) is 0 Å². The Morgan fingerprint density at radius 3 is 2.00 bits per heavy atom. The third-order valence-electron chi connectivity index (χ3n) is 1.74. The van der Waals surface area contributed by atoms with Crippen LogP contribution in [0.15, 0.2) is 10.2 Å². The fraction of sp³-hybridized carbons (Fsp3) is 0.714. The Hall–Kier alpha value is -0.480. The van der Waals surface area contributed by atoms with Crippen molar-refractivity contribution in [2.75, 3.05) is 0 Å². The van der Waals surface area contributed by atoms with E-state index in [-0.39, 0.29) is 30.8 Å². The summed E-state index contributed by atoms with van der Waals surface area (Å²) in [5.41, 5.74) is 11.4. The molecule has 0 aromatic carbocycles. The predicted molar refractivity (Wildman–Crippen MR) is 60.8 cm³/mol. The molecule has 0 radical (unpaired) electrons. The molecule has 13 heavy (non-hydrogen) atoms. The quantitative estimate of drug-likeness (QED) is 0.403. The lowest BCUT2D eigenvalue weighted by molar-refractivity contribution is 0.664. The van der Waals surface area contributed by atoms with Gasteiger partial charge in [0.15, 0.2) is 0 Å². The number of halogens is 2. The molecule has 4 nitrogen and oxygen atoms in total. The molecule has 0 amide bonds. The Morgan fingerprint density at radius 1 is 1.00 bits per heavy atom. The van der Waals surface area contributed by atoms with Crippen molar-refractivity contribution in [1.82, 2.24) is 0 Å². The van der Waals surface area contributed by atoms with Gasteiger partial charge in [-0.25, -0.2) is 0 Å². The minimum absolute atomic E-state index is 0. The van der Waals surface area contributed by atoms with Gasteiger partial charge in [-0.15, -0.1) is 29.9 Å². The molecule has 1 saturated carbocycles. The molecule has 6 heteroatoms. The largest absolute Gasteiger partial charge is 0.369 e. The molecule has 0 unspecified atom stereocenters. The van der Waals surface area contributed by atoms with Crippen molar-refractivity contribution < 1.29 is 0 Å². The van der Waals surface area contributed by atoms with Crippen LogP contribution in [0.2, 0.25) is 0 Å². The van der Waals surface area contributed by atoms with Gasteiger partial charge in [-0.2, -0.15) is 5.10 Å². The SMILES string of the molecule is Cl.Cl.NC(N)=NN=C1CCCCC1. The maximum Gasteiger partial charge on any atom is 0.211 e. The van der Waals surface area contributed by atoms with E-state index in [1.54, 1.807) is 0 Å². The normalized spacial score (nSPS) is 14.9. The van der Waals surface area contributed by atoms with E-state index in [1.807, 2.05) is 0 Å². The molecule has 1 fully saturated rings. The first-order valence-electron chi connectivity index (χ1n) is 3.93. The highest BCUT2D eigenvalue weighted by Gasteiger charge is 2.05. The first kappa shape index (κ1) is 15.0. The van der Waals surface area contributed by atoms with Crippen molar-refractivity contribution in [3.63, 3.8) is 0 Å². The summed E-state index contributed by atoms with van der Waals surface area (Å²) in [5.74, 6) is 0.0445. The van der Waals surface area contributed by atoms with E-state index in [4.69, 9.17) is 11.5 Å². The van der Waals surface area contributed by atoms with Crippen molar-refractivity contribution in [1.29, 1.82) is 0 Å². The highest BCUT2D eigenvalue weighted by molar-refractivity contribution is 5.86. The van der Waals surface area contributed by atoms with Crippen LogP contribution >= 0.6 is 24.8 Å². The lowest BCUT2D eigenvalue weighted by Crippen LogP contribution is -2.22. The fourth-order valence-electron chi connectivity index (χ4n) is 1.19. The third-order valence-corrected chi connectivity index (χ3v) is 1.74. The van der Waals surface area contributed by atoms with Crippen LogP contribution in [0, 0.1) is 0 Å². The summed E-state index contributed by atoms with van der Waals surface area (Å²) in [6, 6.07) is 0. The second-order valence-electron chi connectivity index (χ2n) is 2.75. The van der Waals surface area contributed by atoms with Gasteiger partial charge in [0.2, 0.25) is 5.96 Å². The summed E-state index contributed by atoms with van der Waals surface area (Å²) in [4.78, 5) is 0. The number of guanidine groups is 1. The fourth-order valence-corrected chi connectivity index (χ4v) is 1.19. The van der Waals surface area contributed by atoms with Crippen LogP contribution < -0.4 is 11.5 Å². The zero-order valence-corrected chi connectivity index (χ0v) is 9.03. The number of hydrogen-bond acceptors (Lipinski definition) is 2. The molecule has 0 spiro atoms. The van der Waals surface area contributed by atoms with Crippen LogP contribution in [0.5, 0.6) is 0 Å². The Morgan fingerprint density at radius 2 is 1.54 bits per heavy atom. The van der Waals surface area contributed by atoms with E-state index in [0.717, 1.165) is 18.6 Å². The first-order chi connectivity index (χ1) is 5.29. The van der Waals surface area contributed by atoms with Gasteiger partial charge >= 0.3 is 0 Å². The maximum atomic E-state index is 5.13. The van der Waals surface area contributed by atoms with Crippen molar-refractivity contribution >= 4 is 36.5 Å². The van der Waals surface area contributed by atoms with Gasteiger partial charge in [-0.1, -0.05) is 6.42 Å². The van der Waals surface area contributed by atoms with Crippen LogP contribution in [-0.2, 0) is 0 Å². The van der Waals surface area contributed by atoms with Gasteiger partial charge < -0.3 is 11.5 Å². The summed E-state index contributed by atoms with van der Waals surface area (Å²) in [7, 11) is 0. The lowest BCUT2D eigenvalue weighted by atomic mass is 9.99. The first-order valence-corrected chi connectivity index (χ1v) is 3.93. The Bertz CT molecular complexity index is 179. The molecule has 1 aliphatic rings. The Kier molecular flexibility index (Phi) is 9.39. The second-order valence-corrected chi connectivity index (χ2v) is 2.75. The van der Waals surface area contributed by atoms with Gasteiger partial charge in [0, 0.05) is 5.71 Å². The lowest BCUT2D eigenvalue weighted by Gasteiger charge is -2.09. The molecule has 78 valence electrons. The molecule has 0 aromatic heterocycles. The van der Waals surface area contributed by atoms with Gasteiger partial charge in [-0.3, -0.25) is 0 Å². The summed E-state index contributed by atoms with van der Waals surface area (Å²) >= 11 is 0. The highest BCUT2D eigenvalue weighted by Crippen LogP contribution is 2.14. The highest BCUT2D eigenvalue weighted by atomic mass is 35.5. The third kappa shape index (κ3) is 6.66. The van der Waals surface area contributed by atoms with Gasteiger partial charge in [0.25, 0.3) is 0 Å². The van der Waals surface area contributed by atoms with E-state index in [9.17, 15) is 0 Å². The number of nitrogens with zero attached hydrogens (tertiary/aromatic N) is 2. The number of hydrogen-bond donors (Lipinski definition) is 2. The molecule has 0 aliphatic heterocycles. The molecule has 0 atom stereocenters.